The Balaban J connectivity index is 1.09. The molecule has 28 heavy (non-hydrogen) atoms. The molecule has 6 nitrogen and oxygen atoms in total. The van der Waals surface area contributed by atoms with Crippen molar-refractivity contribution in [3.63, 3.8) is 0 Å². The molecule has 0 spiro atoms. The SMILES string of the molecule is O=C(CNC(=O)C12CC3CC(CC(C3)C1)C2)NCCc1nc2ccccc2[nH]1. The topological polar surface area (TPSA) is 86.9 Å². The van der Waals surface area contributed by atoms with Crippen LogP contribution in [0.2, 0.25) is 0 Å². The summed E-state index contributed by atoms with van der Waals surface area (Å²) >= 11 is 0. The smallest absolute Gasteiger partial charge is 0.239 e. The summed E-state index contributed by atoms with van der Waals surface area (Å²) < 4.78 is 0. The van der Waals surface area contributed by atoms with Crippen molar-refractivity contribution in [2.24, 2.45) is 23.2 Å². The molecule has 4 fully saturated rings. The lowest BCUT2D eigenvalue weighted by molar-refractivity contribution is -0.147. The fourth-order valence-electron chi connectivity index (χ4n) is 6.24. The number of nitrogens with one attached hydrogen (secondary N) is 3. The number of benzene rings is 1. The number of fused-ring (bicyclic) bond motifs is 1. The van der Waals surface area contributed by atoms with Crippen LogP contribution in [0.1, 0.15) is 44.3 Å². The van der Waals surface area contributed by atoms with Gasteiger partial charge in [0.05, 0.1) is 17.6 Å². The quantitative estimate of drug-likeness (QED) is 0.720. The Kier molecular flexibility index (Phi) is 4.37. The molecule has 4 aliphatic rings. The van der Waals surface area contributed by atoms with Crippen LogP contribution >= 0.6 is 0 Å². The van der Waals surface area contributed by atoms with E-state index < -0.39 is 0 Å². The highest BCUT2D eigenvalue weighted by Crippen LogP contribution is 2.60. The average Bonchev–Trinajstić information content (AvgIpc) is 3.07. The van der Waals surface area contributed by atoms with E-state index in [0.717, 1.165) is 53.9 Å². The summed E-state index contributed by atoms with van der Waals surface area (Å²) in [5.41, 5.74) is 1.75. The molecule has 1 aromatic heterocycles. The van der Waals surface area contributed by atoms with Crippen LogP contribution in [0.15, 0.2) is 24.3 Å². The Hall–Kier alpha value is -2.37. The third-order valence-corrected chi connectivity index (χ3v) is 7.05. The number of imidazole rings is 1. The Morgan fingerprint density at radius 1 is 1.04 bits per heavy atom. The van der Waals surface area contributed by atoms with Gasteiger partial charge in [0.1, 0.15) is 5.82 Å². The van der Waals surface area contributed by atoms with Gasteiger partial charge in [-0.15, -0.1) is 0 Å². The maximum absolute atomic E-state index is 12.9. The van der Waals surface area contributed by atoms with E-state index in [1.54, 1.807) is 0 Å². The van der Waals surface area contributed by atoms with Crippen LogP contribution in [0.4, 0.5) is 0 Å². The predicted molar refractivity (Wildman–Crippen MR) is 106 cm³/mol. The summed E-state index contributed by atoms with van der Waals surface area (Å²) in [7, 11) is 0. The van der Waals surface area contributed by atoms with Crippen LogP contribution in [0.3, 0.4) is 0 Å². The molecular weight excluding hydrogens is 352 g/mol. The van der Waals surface area contributed by atoms with E-state index in [1.807, 2.05) is 24.3 Å². The van der Waals surface area contributed by atoms with Crippen molar-refractivity contribution in [3.8, 4) is 0 Å². The lowest BCUT2D eigenvalue weighted by atomic mass is 9.49. The first-order valence-electron chi connectivity index (χ1n) is 10.6. The molecule has 2 amide bonds. The Labute approximate surface area is 164 Å². The van der Waals surface area contributed by atoms with Crippen LogP contribution < -0.4 is 10.6 Å². The van der Waals surface area contributed by atoms with Gasteiger partial charge >= 0.3 is 0 Å². The van der Waals surface area contributed by atoms with E-state index in [-0.39, 0.29) is 23.8 Å². The predicted octanol–water partition coefficient (Wildman–Crippen LogP) is 2.55. The van der Waals surface area contributed by atoms with Crippen molar-refractivity contribution < 1.29 is 9.59 Å². The van der Waals surface area contributed by atoms with Gasteiger partial charge in [-0.2, -0.15) is 0 Å². The summed E-state index contributed by atoms with van der Waals surface area (Å²) in [6.45, 7) is 0.576. The minimum atomic E-state index is -0.191. The largest absolute Gasteiger partial charge is 0.354 e. The molecule has 1 aromatic carbocycles. The van der Waals surface area contributed by atoms with Crippen LogP contribution in [-0.2, 0) is 16.0 Å². The first-order valence-corrected chi connectivity index (χ1v) is 10.6. The van der Waals surface area contributed by atoms with E-state index in [0.29, 0.717) is 13.0 Å². The fraction of sp³-hybridized carbons (Fsp3) is 0.591. The molecule has 3 N–H and O–H groups in total. The number of rotatable bonds is 6. The van der Waals surface area contributed by atoms with Crippen LogP contribution in [-0.4, -0.2) is 34.9 Å². The summed E-state index contributed by atoms with van der Waals surface area (Å²) in [6.07, 6.45) is 7.66. The molecule has 0 unspecified atom stereocenters. The number of amides is 2. The molecule has 0 saturated heterocycles. The van der Waals surface area contributed by atoms with E-state index in [2.05, 4.69) is 20.6 Å². The highest BCUT2D eigenvalue weighted by atomic mass is 16.2. The van der Waals surface area contributed by atoms with Crippen molar-refractivity contribution in [2.75, 3.05) is 13.1 Å². The third-order valence-electron chi connectivity index (χ3n) is 7.05. The zero-order valence-corrected chi connectivity index (χ0v) is 16.2. The maximum atomic E-state index is 12.9. The van der Waals surface area contributed by atoms with E-state index in [1.165, 1.54) is 19.3 Å². The molecule has 148 valence electrons. The number of nitrogens with zero attached hydrogens (tertiary/aromatic N) is 1. The first-order chi connectivity index (χ1) is 13.6. The summed E-state index contributed by atoms with van der Waals surface area (Å²) in [5.74, 6) is 3.03. The Morgan fingerprint density at radius 2 is 1.71 bits per heavy atom. The summed E-state index contributed by atoms with van der Waals surface area (Å²) in [6, 6.07) is 7.89. The lowest BCUT2D eigenvalue weighted by Crippen LogP contribution is -2.54. The van der Waals surface area contributed by atoms with Gasteiger partial charge in [0.15, 0.2) is 0 Å². The molecule has 6 heteroatoms. The van der Waals surface area contributed by atoms with Gasteiger partial charge in [-0.05, 0) is 68.4 Å². The average molecular weight is 380 g/mol. The van der Waals surface area contributed by atoms with Gasteiger partial charge in [0.2, 0.25) is 11.8 Å². The Morgan fingerprint density at radius 3 is 2.39 bits per heavy atom. The second kappa shape index (κ2) is 6.90. The van der Waals surface area contributed by atoms with Crippen molar-refractivity contribution >= 4 is 22.8 Å². The number of aromatic nitrogens is 2. The Bertz CT molecular complexity index is 835. The van der Waals surface area contributed by atoms with Crippen LogP contribution in [0, 0.1) is 23.2 Å². The summed E-state index contributed by atoms with van der Waals surface area (Å²) in [5, 5.41) is 5.83. The van der Waals surface area contributed by atoms with Crippen LogP contribution in [0.25, 0.3) is 11.0 Å². The maximum Gasteiger partial charge on any atom is 0.239 e. The summed E-state index contributed by atoms with van der Waals surface area (Å²) in [4.78, 5) is 32.8. The first kappa shape index (κ1) is 17.7. The molecule has 2 aromatic rings. The molecule has 0 radical (unpaired) electrons. The number of carbonyl (C=O) groups excluding carboxylic acids is 2. The number of H-pyrrole nitrogens is 1. The molecule has 0 aliphatic heterocycles. The number of para-hydroxylation sites is 2. The molecular formula is C22H28N4O2. The molecule has 4 aliphatic carbocycles. The normalized spacial score (nSPS) is 30.5. The van der Waals surface area contributed by atoms with Crippen molar-refractivity contribution in [1.82, 2.24) is 20.6 Å². The van der Waals surface area contributed by atoms with Gasteiger partial charge in [0.25, 0.3) is 0 Å². The second-order valence-corrected chi connectivity index (χ2v) is 9.18. The molecule has 0 atom stereocenters. The lowest BCUT2D eigenvalue weighted by Gasteiger charge is -2.55. The number of carbonyl (C=O) groups is 2. The van der Waals surface area contributed by atoms with E-state index in [4.69, 9.17) is 0 Å². The van der Waals surface area contributed by atoms with Gasteiger partial charge in [-0.1, -0.05) is 12.1 Å². The minimum absolute atomic E-state index is 0.0702. The van der Waals surface area contributed by atoms with E-state index >= 15 is 0 Å². The number of aromatic amines is 1. The number of hydrogen-bond acceptors (Lipinski definition) is 3. The monoisotopic (exact) mass is 380 g/mol. The van der Waals surface area contributed by atoms with Gasteiger partial charge < -0.3 is 15.6 Å². The van der Waals surface area contributed by atoms with Gasteiger partial charge in [-0.25, -0.2) is 4.98 Å². The minimum Gasteiger partial charge on any atom is -0.354 e. The van der Waals surface area contributed by atoms with Crippen molar-refractivity contribution in [1.29, 1.82) is 0 Å². The molecule has 6 rings (SSSR count). The third kappa shape index (κ3) is 3.29. The van der Waals surface area contributed by atoms with Gasteiger partial charge in [-0.3, -0.25) is 9.59 Å². The standard InChI is InChI=1S/C22H28N4O2/c27-20(23-6-5-19-25-17-3-1-2-4-18(17)26-19)13-24-21(28)22-10-14-7-15(11-22)9-16(8-14)12-22/h1-4,14-16H,5-13H2,(H,23,27)(H,24,28)(H,25,26). The molecule has 1 heterocycles. The van der Waals surface area contributed by atoms with Gasteiger partial charge in [0, 0.05) is 18.4 Å². The van der Waals surface area contributed by atoms with Crippen molar-refractivity contribution in [2.45, 2.75) is 44.9 Å². The van der Waals surface area contributed by atoms with E-state index in [9.17, 15) is 9.59 Å². The molecule has 4 bridgehead atoms. The zero-order chi connectivity index (χ0) is 19.1. The zero-order valence-electron chi connectivity index (χ0n) is 16.2. The highest BCUT2D eigenvalue weighted by molar-refractivity contribution is 5.88. The van der Waals surface area contributed by atoms with Crippen LogP contribution in [0.5, 0.6) is 0 Å². The molecule has 4 saturated carbocycles. The second-order valence-electron chi connectivity index (χ2n) is 9.18. The highest BCUT2D eigenvalue weighted by Gasteiger charge is 2.54. The number of hydrogen-bond donors (Lipinski definition) is 3. The van der Waals surface area contributed by atoms with Crippen molar-refractivity contribution in [3.05, 3.63) is 30.1 Å². The fourth-order valence-corrected chi connectivity index (χ4v) is 6.24.